The second kappa shape index (κ2) is 11.2. The van der Waals surface area contributed by atoms with Crippen molar-refractivity contribution in [2.45, 2.75) is 31.7 Å². The van der Waals surface area contributed by atoms with Crippen molar-refractivity contribution in [2.75, 3.05) is 25.4 Å². The molecule has 0 radical (unpaired) electrons. The molecular weight excluding hydrogens is 486 g/mol. The first-order valence-electron chi connectivity index (χ1n) is 10.1. The van der Waals surface area contributed by atoms with Gasteiger partial charge in [0.1, 0.15) is 29.9 Å². The molecule has 1 aromatic rings. The van der Waals surface area contributed by atoms with E-state index >= 15 is 0 Å². The van der Waals surface area contributed by atoms with Gasteiger partial charge in [0.05, 0.1) is 0 Å². The Hall–Kier alpha value is -3.39. The van der Waals surface area contributed by atoms with Crippen LogP contribution >= 0.6 is 23.1 Å². The lowest BCUT2D eigenvalue weighted by Gasteiger charge is -2.49. The minimum atomic E-state index is -0.913. The number of nitrogens with two attached hydrogens (primary N) is 1. The molecule has 1 saturated heterocycles. The maximum atomic E-state index is 13.0. The molecule has 34 heavy (non-hydrogen) atoms. The number of carbonyl (C=O) groups excluding carboxylic acids is 4. The van der Waals surface area contributed by atoms with Crippen molar-refractivity contribution >= 4 is 57.7 Å². The number of thioether (sulfide) groups is 1. The van der Waals surface area contributed by atoms with Gasteiger partial charge in [-0.15, -0.1) is 23.1 Å². The highest BCUT2D eigenvalue weighted by Gasteiger charge is 2.54. The van der Waals surface area contributed by atoms with Crippen molar-refractivity contribution in [1.29, 1.82) is 0 Å². The summed E-state index contributed by atoms with van der Waals surface area (Å²) in [6, 6.07) is -0.913. The number of thiazole rings is 1. The van der Waals surface area contributed by atoms with Crippen LogP contribution in [0.4, 0.5) is 5.13 Å². The second-order valence-electron chi connectivity index (χ2n) is 6.92. The second-order valence-corrected chi connectivity index (χ2v) is 8.92. The number of β-lactam (4-membered cyclic amide) rings is 1. The summed E-state index contributed by atoms with van der Waals surface area (Å²) in [5.41, 5.74) is 6.36. The van der Waals surface area contributed by atoms with Gasteiger partial charge in [-0.1, -0.05) is 24.2 Å². The van der Waals surface area contributed by atoms with E-state index in [1.165, 1.54) is 30.7 Å². The molecule has 0 saturated carbocycles. The van der Waals surface area contributed by atoms with E-state index in [4.69, 9.17) is 15.3 Å². The Balaban J connectivity index is 1.79. The largest absolute Gasteiger partial charge is 0.428 e. The number of carbonyl (C=O) groups is 4. The number of allylic oxidation sites excluding steroid dienone is 2. The zero-order chi connectivity index (χ0) is 24.8. The Morgan fingerprint density at radius 1 is 1.38 bits per heavy atom. The lowest BCUT2D eigenvalue weighted by Crippen LogP contribution is -2.71. The number of esters is 2. The van der Waals surface area contributed by atoms with Crippen LogP contribution in [0.5, 0.6) is 0 Å². The molecule has 3 heterocycles. The molecule has 3 rings (SSSR count). The van der Waals surface area contributed by atoms with Gasteiger partial charge in [-0.25, -0.2) is 9.78 Å². The monoisotopic (exact) mass is 509 g/mol. The average Bonchev–Trinajstić information content (AvgIpc) is 3.24. The summed E-state index contributed by atoms with van der Waals surface area (Å²) in [7, 11) is 1.28. The minimum absolute atomic E-state index is 0.0501. The predicted molar refractivity (Wildman–Crippen MR) is 124 cm³/mol. The van der Waals surface area contributed by atoms with Crippen LogP contribution in [0.3, 0.4) is 0 Å². The lowest BCUT2D eigenvalue weighted by molar-refractivity contribution is -0.166. The molecule has 0 aliphatic carbocycles. The zero-order valence-electron chi connectivity index (χ0n) is 18.6. The summed E-state index contributed by atoms with van der Waals surface area (Å²) in [6.45, 7) is 2.54. The summed E-state index contributed by atoms with van der Waals surface area (Å²) >= 11 is 2.51. The highest BCUT2D eigenvalue weighted by Crippen LogP contribution is 2.41. The fourth-order valence-corrected chi connectivity index (χ4v) is 5.02. The molecule has 2 aliphatic rings. The van der Waals surface area contributed by atoms with Crippen molar-refractivity contribution in [2.24, 2.45) is 5.16 Å². The number of amides is 2. The molecule has 12 nitrogen and oxygen atoms in total. The van der Waals surface area contributed by atoms with Crippen molar-refractivity contribution in [1.82, 2.24) is 15.2 Å². The van der Waals surface area contributed by atoms with E-state index in [9.17, 15) is 19.2 Å². The Morgan fingerprint density at radius 2 is 2.15 bits per heavy atom. The number of nitrogens with one attached hydrogen (secondary N) is 1. The number of rotatable bonds is 9. The van der Waals surface area contributed by atoms with Crippen LogP contribution in [0, 0.1) is 0 Å². The van der Waals surface area contributed by atoms with Gasteiger partial charge >= 0.3 is 11.9 Å². The Labute approximate surface area is 203 Å². The molecule has 0 aromatic carbocycles. The number of nitrogen functional groups attached to an aromatic ring is 1. The number of anilines is 1. The smallest absolute Gasteiger partial charge is 0.358 e. The molecular formula is C20H23N5O7S2. The van der Waals surface area contributed by atoms with Gasteiger partial charge < -0.3 is 25.4 Å². The van der Waals surface area contributed by atoms with Crippen molar-refractivity contribution < 1.29 is 33.5 Å². The average molecular weight is 510 g/mol. The SMILES string of the molecule is CC/C=C/C1=C(C(=O)OCOC(C)=O)N2C(=O)[C@@H](NC(=O)/C(=N\OC)c3csc(N)n3)[C@H]2SC1. The molecule has 2 amide bonds. The number of hydrogen-bond donors (Lipinski definition) is 2. The van der Waals surface area contributed by atoms with E-state index in [-0.39, 0.29) is 22.2 Å². The summed E-state index contributed by atoms with van der Waals surface area (Å²) in [5, 5.41) is 7.59. The quantitative estimate of drug-likeness (QED) is 0.160. The third-order valence-corrected chi connectivity index (χ3v) is 6.62. The first-order valence-corrected chi connectivity index (χ1v) is 12.0. The highest BCUT2D eigenvalue weighted by atomic mass is 32.2. The Bertz CT molecular complexity index is 1080. The van der Waals surface area contributed by atoms with Crippen LogP contribution in [-0.4, -0.2) is 70.4 Å². The van der Waals surface area contributed by atoms with E-state index in [2.05, 4.69) is 20.2 Å². The molecule has 0 spiro atoms. The normalized spacial score (nSPS) is 20.0. The van der Waals surface area contributed by atoms with Crippen molar-refractivity contribution in [3.8, 4) is 0 Å². The predicted octanol–water partition coefficient (Wildman–Crippen LogP) is 0.760. The molecule has 0 unspecified atom stereocenters. The molecule has 182 valence electrons. The standard InChI is InChI=1S/C20H23N5O7S2/c1-4-5-6-11-7-33-18-14(17(28)25(18)15(11)19(29)32-9-31-10(2)26)23-16(27)13(24-30-3)12-8-34-20(21)22-12/h5-6,8,14,18H,4,7,9H2,1-3H3,(H2,21,22)(H,23,27)/b6-5+,24-13-/t14-,18-/m1/s1. The molecule has 2 atom stereocenters. The third kappa shape index (κ3) is 5.39. The number of nitrogens with zero attached hydrogens (tertiary/aromatic N) is 3. The van der Waals surface area contributed by atoms with Gasteiger partial charge in [-0.2, -0.15) is 0 Å². The molecule has 2 aliphatic heterocycles. The third-order valence-electron chi connectivity index (χ3n) is 4.65. The van der Waals surface area contributed by atoms with Gasteiger partial charge in [0, 0.05) is 18.1 Å². The first kappa shape index (κ1) is 25.2. The van der Waals surface area contributed by atoms with Crippen LogP contribution in [0.15, 0.2) is 34.0 Å². The van der Waals surface area contributed by atoms with Crippen LogP contribution in [0.2, 0.25) is 0 Å². The Kier molecular flexibility index (Phi) is 8.28. The van der Waals surface area contributed by atoms with E-state index < -0.39 is 42.0 Å². The van der Waals surface area contributed by atoms with Crippen LogP contribution in [0.25, 0.3) is 0 Å². The van der Waals surface area contributed by atoms with Crippen LogP contribution in [-0.2, 0) is 33.5 Å². The van der Waals surface area contributed by atoms with Crippen molar-refractivity contribution in [3.05, 3.63) is 34.5 Å². The maximum Gasteiger partial charge on any atom is 0.358 e. The number of aromatic nitrogens is 1. The summed E-state index contributed by atoms with van der Waals surface area (Å²) in [5.74, 6) is -2.19. The van der Waals surface area contributed by atoms with Crippen LogP contribution in [0.1, 0.15) is 26.0 Å². The fraction of sp³-hybridized carbons (Fsp3) is 0.400. The molecule has 1 aromatic heterocycles. The molecule has 14 heteroatoms. The van der Waals surface area contributed by atoms with Gasteiger partial charge in [-0.05, 0) is 12.0 Å². The van der Waals surface area contributed by atoms with Gasteiger partial charge in [0.25, 0.3) is 11.8 Å². The van der Waals surface area contributed by atoms with Crippen molar-refractivity contribution in [3.63, 3.8) is 0 Å². The number of fused-ring (bicyclic) bond motifs is 1. The summed E-state index contributed by atoms with van der Waals surface area (Å²) in [6.07, 6.45) is 4.33. The van der Waals surface area contributed by atoms with E-state index in [1.54, 1.807) is 11.5 Å². The molecule has 1 fully saturated rings. The number of hydrogen-bond acceptors (Lipinski definition) is 12. The maximum absolute atomic E-state index is 13.0. The highest BCUT2D eigenvalue weighted by molar-refractivity contribution is 8.00. The summed E-state index contributed by atoms with van der Waals surface area (Å²) < 4.78 is 9.70. The number of oxime groups is 1. The lowest BCUT2D eigenvalue weighted by atomic mass is 10.0. The van der Waals surface area contributed by atoms with E-state index in [1.807, 2.05) is 13.0 Å². The van der Waals surface area contributed by atoms with Gasteiger partial charge in [0.15, 0.2) is 10.8 Å². The summed E-state index contributed by atoms with van der Waals surface area (Å²) in [4.78, 5) is 59.6. The van der Waals surface area contributed by atoms with Crippen LogP contribution < -0.4 is 11.1 Å². The fourth-order valence-electron chi connectivity index (χ4n) is 3.16. The molecule has 3 N–H and O–H groups in total. The van der Waals surface area contributed by atoms with E-state index in [0.717, 1.165) is 17.8 Å². The van der Waals surface area contributed by atoms with E-state index in [0.29, 0.717) is 11.3 Å². The Morgan fingerprint density at radius 3 is 2.76 bits per heavy atom. The zero-order valence-corrected chi connectivity index (χ0v) is 20.2. The number of ether oxygens (including phenoxy) is 2. The molecule has 0 bridgehead atoms. The first-order chi connectivity index (χ1) is 16.3. The minimum Gasteiger partial charge on any atom is -0.428 e. The topological polar surface area (TPSA) is 163 Å². The van der Waals surface area contributed by atoms with Gasteiger partial charge in [-0.3, -0.25) is 19.3 Å². The van der Waals surface area contributed by atoms with Gasteiger partial charge in [0.2, 0.25) is 6.79 Å².